The number of aryl methyl sites for hydroxylation is 1. The third-order valence-corrected chi connectivity index (χ3v) is 6.21. The van der Waals surface area contributed by atoms with Gasteiger partial charge in [-0.1, -0.05) is 146 Å². The first-order valence-electron chi connectivity index (χ1n) is 13.2. The second-order valence-electron chi connectivity index (χ2n) is 8.97. The van der Waals surface area contributed by atoms with Gasteiger partial charge in [-0.15, -0.1) is 0 Å². The zero-order valence-corrected chi connectivity index (χ0v) is 23.5. The van der Waals surface area contributed by atoms with Crippen molar-refractivity contribution in [3.63, 3.8) is 0 Å². The predicted molar refractivity (Wildman–Crippen MR) is 145 cm³/mol. The van der Waals surface area contributed by atoms with E-state index in [9.17, 15) is 0 Å². The Morgan fingerprint density at radius 3 is 1.48 bits per heavy atom. The van der Waals surface area contributed by atoms with E-state index in [-0.39, 0.29) is 37.7 Å². The van der Waals surface area contributed by atoms with E-state index in [2.05, 4.69) is 63.3 Å². The number of unbranched alkanes of at least 4 members (excludes halogenated alkanes) is 15. The second kappa shape index (κ2) is 23.1. The van der Waals surface area contributed by atoms with E-state index in [4.69, 9.17) is 0 Å². The topological polar surface area (TPSA) is 0 Å². The van der Waals surface area contributed by atoms with Crippen molar-refractivity contribution < 1.29 is 0 Å². The predicted octanol–water partition coefficient (Wildman–Crippen LogP) is 10.2. The molecule has 0 atom stereocenters. The van der Waals surface area contributed by atoms with Gasteiger partial charge in [-0.25, -0.2) is 0 Å². The third kappa shape index (κ3) is 16.3. The minimum absolute atomic E-state index is 0. The Morgan fingerprint density at radius 1 is 0.581 bits per heavy atom. The van der Waals surface area contributed by atoms with Crippen molar-refractivity contribution in [1.82, 2.24) is 0 Å². The van der Waals surface area contributed by atoms with E-state index in [1.54, 1.807) is 0 Å². The maximum absolute atomic E-state index is 2.31. The van der Waals surface area contributed by atoms with Crippen molar-refractivity contribution in [1.29, 1.82) is 0 Å². The van der Waals surface area contributed by atoms with Gasteiger partial charge < -0.3 is 0 Å². The smallest absolute Gasteiger partial charge is 0 e. The van der Waals surface area contributed by atoms with Crippen molar-refractivity contribution in [3.8, 4) is 0 Å². The van der Waals surface area contributed by atoms with Gasteiger partial charge in [-0.05, 0) is 43.4 Å². The molecule has 0 nitrogen and oxygen atoms in total. The summed E-state index contributed by atoms with van der Waals surface area (Å²) in [6.45, 7) is 6.51. The van der Waals surface area contributed by atoms with Crippen molar-refractivity contribution in [2.24, 2.45) is 0 Å². The second-order valence-corrected chi connectivity index (χ2v) is 8.97. The molecule has 1 aromatic rings. The molecule has 0 saturated carbocycles. The van der Waals surface area contributed by atoms with Crippen LogP contribution in [0.15, 0.2) is 30.4 Å². The van der Waals surface area contributed by atoms with Crippen molar-refractivity contribution >= 4 is 49.9 Å². The maximum atomic E-state index is 2.31. The van der Waals surface area contributed by atoms with E-state index in [1.807, 2.05) is 0 Å². The average Bonchev–Trinajstić information content (AvgIpc) is 2.75. The first-order chi connectivity index (χ1) is 14.8. The molecule has 0 aliphatic carbocycles. The zero-order valence-electron chi connectivity index (χ0n) is 21.3. The zero-order chi connectivity index (χ0) is 21.7. The summed E-state index contributed by atoms with van der Waals surface area (Å²) in [5.74, 6) is 0. The summed E-state index contributed by atoms with van der Waals surface area (Å²) >= 11 is 0. The van der Waals surface area contributed by atoms with Crippen LogP contribution in [0.4, 0.5) is 0 Å². The van der Waals surface area contributed by atoms with Gasteiger partial charge in [0, 0.05) is 37.7 Å². The molecule has 0 aliphatic heterocycles. The Hall–Kier alpha value is -0.0403. The first-order valence-corrected chi connectivity index (χ1v) is 13.2. The molecule has 0 aromatic heterocycles. The van der Waals surface area contributed by atoms with Crippen LogP contribution in [0.3, 0.4) is 0 Å². The minimum atomic E-state index is 0. The number of rotatable bonds is 19. The maximum Gasteiger partial charge on any atom is 0 e. The molecular formula is C30H50Ca. The van der Waals surface area contributed by atoms with Gasteiger partial charge in [-0.3, -0.25) is 0 Å². The van der Waals surface area contributed by atoms with Crippen LogP contribution in [0.5, 0.6) is 0 Å². The molecule has 0 aliphatic rings. The summed E-state index contributed by atoms with van der Waals surface area (Å²) < 4.78 is 0. The minimum Gasteiger partial charge on any atom is -0.0870 e. The summed E-state index contributed by atoms with van der Waals surface area (Å²) in [6, 6.07) is 6.75. The first kappa shape index (κ1) is 31.0. The standard InChI is InChI=1S/C30H50.Ca/c1-4-7-8-9-10-11-12-13-14-15-16-17-18-19-20-21-25-29-27-22-26-28(23-5-2)30(29)24-6-3;/h5-6,22-24,26-27H,4,7-21,25H2,1-3H3;. The quantitative estimate of drug-likeness (QED) is 0.145. The summed E-state index contributed by atoms with van der Waals surface area (Å²) in [5.41, 5.74) is 4.28. The Bertz CT molecular complexity index is 570. The van der Waals surface area contributed by atoms with E-state index in [0.717, 1.165) is 0 Å². The summed E-state index contributed by atoms with van der Waals surface area (Å²) in [7, 11) is 0. The molecule has 0 bridgehead atoms. The molecule has 0 heterocycles. The summed E-state index contributed by atoms with van der Waals surface area (Å²) in [6.07, 6.45) is 33.0. The fourth-order valence-corrected chi connectivity index (χ4v) is 4.41. The van der Waals surface area contributed by atoms with Gasteiger partial charge in [0.25, 0.3) is 0 Å². The Morgan fingerprint density at radius 2 is 1.03 bits per heavy atom. The van der Waals surface area contributed by atoms with Gasteiger partial charge in [0.15, 0.2) is 0 Å². The van der Waals surface area contributed by atoms with Gasteiger partial charge in [0.2, 0.25) is 0 Å². The molecule has 0 N–H and O–H groups in total. The summed E-state index contributed by atoms with van der Waals surface area (Å²) in [5, 5.41) is 0. The molecule has 172 valence electrons. The fourth-order valence-electron chi connectivity index (χ4n) is 4.41. The number of hydrogen-bond donors (Lipinski definition) is 0. The van der Waals surface area contributed by atoms with Crippen LogP contribution in [0, 0.1) is 0 Å². The molecule has 1 rings (SSSR count). The number of allylic oxidation sites excluding steroid dienone is 2. The SMILES string of the molecule is CC=Cc1cccc(CCCCCCCCCCCCCCCCCC)c1C=CC.[Ca]. The molecule has 0 fully saturated rings. The molecule has 2 radical (unpaired) electrons. The van der Waals surface area contributed by atoms with Crippen molar-refractivity contribution in [3.05, 3.63) is 47.0 Å². The largest absolute Gasteiger partial charge is 0.0870 e. The molecule has 0 unspecified atom stereocenters. The van der Waals surface area contributed by atoms with Gasteiger partial charge >= 0.3 is 0 Å². The van der Waals surface area contributed by atoms with E-state index in [0.29, 0.717) is 0 Å². The molecule has 0 spiro atoms. The van der Waals surface area contributed by atoms with Crippen molar-refractivity contribution in [2.75, 3.05) is 0 Å². The number of hydrogen-bond acceptors (Lipinski definition) is 0. The van der Waals surface area contributed by atoms with Crippen LogP contribution in [0.1, 0.15) is 140 Å². The van der Waals surface area contributed by atoms with Crippen LogP contribution in [-0.2, 0) is 6.42 Å². The molecule has 31 heavy (non-hydrogen) atoms. The molecule has 0 saturated heterocycles. The third-order valence-electron chi connectivity index (χ3n) is 6.21. The Balaban J connectivity index is 0.00000900. The average molecular weight is 451 g/mol. The van der Waals surface area contributed by atoms with Gasteiger partial charge in [0.1, 0.15) is 0 Å². The van der Waals surface area contributed by atoms with Crippen LogP contribution in [0.2, 0.25) is 0 Å². The van der Waals surface area contributed by atoms with Crippen LogP contribution in [-0.4, -0.2) is 37.7 Å². The van der Waals surface area contributed by atoms with E-state index >= 15 is 0 Å². The fraction of sp³-hybridized carbons (Fsp3) is 0.667. The molecule has 1 heteroatoms. The van der Waals surface area contributed by atoms with Crippen LogP contribution in [0.25, 0.3) is 12.2 Å². The van der Waals surface area contributed by atoms with Gasteiger partial charge in [0.05, 0.1) is 0 Å². The normalized spacial score (nSPS) is 11.5. The summed E-state index contributed by atoms with van der Waals surface area (Å²) in [4.78, 5) is 0. The van der Waals surface area contributed by atoms with E-state index in [1.165, 1.54) is 126 Å². The van der Waals surface area contributed by atoms with Gasteiger partial charge in [-0.2, -0.15) is 0 Å². The Kier molecular flexibility index (Phi) is 23.1. The molecule has 0 amide bonds. The van der Waals surface area contributed by atoms with E-state index < -0.39 is 0 Å². The number of benzene rings is 1. The molecular weight excluding hydrogens is 400 g/mol. The van der Waals surface area contributed by atoms with Crippen LogP contribution < -0.4 is 0 Å². The monoisotopic (exact) mass is 450 g/mol. The van der Waals surface area contributed by atoms with Crippen LogP contribution >= 0.6 is 0 Å². The molecule has 1 aromatic carbocycles. The Labute approximate surface area is 225 Å². The van der Waals surface area contributed by atoms with Crippen molar-refractivity contribution in [2.45, 2.75) is 130 Å².